The van der Waals surface area contributed by atoms with Crippen molar-refractivity contribution in [3.8, 4) is 11.3 Å². The number of H-pyrrole nitrogens is 1. The predicted octanol–water partition coefficient (Wildman–Crippen LogP) is 4.28. The number of nitrogens with zero attached hydrogens (tertiary/aromatic N) is 2. The number of amides is 2. The number of fused-ring (bicyclic) bond motifs is 1. The van der Waals surface area contributed by atoms with Gasteiger partial charge in [0, 0.05) is 52.9 Å². The highest BCUT2D eigenvalue weighted by molar-refractivity contribution is 5.94. The molecule has 6 heteroatoms. The highest BCUT2D eigenvalue weighted by Gasteiger charge is 2.26. The second-order valence-corrected chi connectivity index (χ2v) is 8.61. The number of benzene rings is 2. The van der Waals surface area contributed by atoms with Crippen molar-refractivity contribution in [3.63, 3.8) is 0 Å². The minimum absolute atomic E-state index is 0.148. The highest BCUT2D eigenvalue weighted by atomic mass is 16.2. The summed E-state index contributed by atoms with van der Waals surface area (Å²) >= 11 is 0. The molecule has 4 aromatic rings. The van der Waals surface area contributed by atoms with Crippen LogP contribution in [0, 0.1) is 0 Å². The van der Waals surface area contributed by atoms with Crippen molar-refractivity contribution in [2.24, 2.45) is 5.73 Å². The zero-order valence-electron chi connectivity index (χ0n) is 18.3. The number of aromatic nitrogens is 2. The Balaban J connectivity index is 1.32. The fraction of sp³-hybridized carbons (Fsp3) is 0.222. The van der Waals surface area contributed by atoms with Crippen molar-refractivity contribution in [2.75, 3.05) is 13.1 Å². The van der Waals surface area contributed by atoms with Gasteiger partial charge in [-0.3, -0.25) is 14.6 Å². The molecule has 1 aliphatic heterocycles. The summed E-state index contributed by atoms with van der Waals surface area (Å²) in [5.41, 5.74) is 10.6. The standard InChI is InChI=1S/C27H26N4O2/c28-27(33)19-7-3-6-18(14-19)23-11-4-12-24(30-23)20-8-5-13-31(17-20)26(32)15-21-16-29-25-10-2-1-9-22(21)25/h1-4,6-7,9-12,14,16,20,29H,5,8,13,15,17H2,(H2,28,33)/t20-/m1/s1. The van der Waals surface area contributed by atoms with Crippen molar-refractivity contribution < 1.29 is 9.59 Å². The smallest absolute Gasteiger partial charge is 0.248 e. The SMILES string of the molecule is NC(=O)c1cccc(-c2cccc([C@@H]3CCCN(C(=O)Cc4c[nH]c5ccccc45)C3)n2)c1. The molecular formula is C27H26N4O2. The first kappa shape index (κ1) is 20.9. The lowest BCUT2D eigenvalue weighted by Crippen LogP contribution is -2.40. The van der Waals surface area contributed by atoms with E-state index in [-0.39, 0.29) is 11.8 Å². The fourth-order valence-corrected chi connectivity index (χ4v) is 4.67. The summed E-state index contributed by atoms with van der Waals surface area (Å²) in [4.78, 5) is 34.8. The van der Waals surface area contributed by atoms with E-state index >= 15 is 0 Å². The van der Waals surface area contributed by atoms with Gasteiger partial charge < -0.3 is 15.6 Å². The average molecular weight is 439 g/mol. The van der Waals surface area contributed by atoms with Crippen molar-refractivity contribution in [2.45, 2.75) is 25.2 Å². The second-order valence-electron chi connectivity index (χ2n) is 8.61. The highest BCUT2D eigenvalue weighted by Crippen LogP contribution is 2.29. The number of carbonyl (C=O) groups excluding carboxylic acids is 2. The summed E-state index contributed by atoms with van der Waals surface area (Å²) in [6.07, 6.45) is 4.28. The molecule has 6 nitrogen and oxygen atoms in total. The number of piperidine rings is 1. The predicted molar refractivity (Wildman–Crippen MR) is 129 cm³/mol. The molecule has 0 bridgehead atoms. The van der Waals surface area contributed by atoms with Crippen LogP contribution in [0.4, 0.5) is 0 Å². The molecule has 166 valence electrons. The van der Waals surface area contributed by atoms with Crippen molar-refractivity contribution in [3.05, 3.63) is 89.7 Å². The normalized spacial score (nSPS) is 16.1. The van der Waals surface area contributed by atoms with Gasteiger partial charge >= 0.3 is 0 Å². The topological polar surface area (TPSA) is 92.1 Å². The third kappa shape index (κ3) is 4.37. The summed E-state index contributed by atoms with van der Waals surface area (Å²) in [6, 6.07) is 21.2. The number of likely N-dealkylation sites (tertiary alicyclic amines) is 1. The molecule has 5 rings (SSSR count). The number of rotatable bonds is 5. The van der Waals surface area contributed by atoms with Crippen LogP contribution < -0.4 is 5.73 Å². The Labute approximate surface area is 192 Å². The lowest BCUT2D eigenvalue weighted by molar-refractivity contribution is -0.131. The van der Waals surface area contributed by atoms with E-state index in [9.17, 15) is 9.59 Å². The maximum atomic E-state index is 13.1. The quantitative estimate of drug-likeness (QED) is 0.487. The fourth-order valence-electron chi connectivity index (χ4n) is 4.67. The molecule has 3 heterocycles. The average Bonchev–Trinajstić information content (AvgIpc) is 3.27. The van der Waals surface area contributed by atoms with Crippen LogP contribution in [-0.4, -0.2) is 39.8 Å². The number of para-hydroxylation sites is 1. The van der Waals surface area contributed by atoms with Gasteiger partial charge in [0.1, 0.15) is 0 Å². The first-order valence-corrected chi connectivity index (χ1v) is 11.3. The molecular weight excluding hydrogens is 412 g/mol. The Kier molecular flexibility index (Phi) is 5.65. The van der Waals surface area contributed by atoms with E-state index in [4.69, 9.17) is 10.7 Å². The Bertz CT molecular complexity index is 1330. The van der Waals surface area contributed by atoms with Gasteiger partial charge in [-0.05, 0) is 48.7 Å². The van der Waals surface area contributed by atoms with Gasteiger partial charge in [0.15, 0.2) is 0 Å². The van der Waals surface area contributed by atoms with Crippen LogP contribution >= 0.6 is 0 Å². The molecule has 0 spiro atoms. The molecule has 1 saturated heterocycles. The number of hydrogen-bond acceptors (Lipinski definition) is 3. The summed E-state index contributed by atoms with van der Waals surface area (Å²) < 4.78 is 0. The first-order valence-electron chi connectivity index (χ1n) is 11.3. The number of carbonyl (C=O) groups is 2. The van der Waals surface area contributed by atoms with Crippen LogP contribution in [0.25, 0.3) is 22.2 Å². The zero-order chi connectivity index (χ0) is 22.8. The lowest BCUT2D eigenvalue weighted by Gasteiger charge is -2.32. The van der Waals surface area contributed by atoms with Crippen molar-refractivity contribution >= 4 is 22.7 Å². The summed E-state index contributed by atoms with van der Waals surface area (Å²) in [5.74, 6) is -0.121. The zero-order valence-corrected chi connectivity index (χ0v) is 18.3. The minimum atomic E-state index is -0.454. The monoisotopic (exact) mass is 438 g/mol. The minimum Gasteiger partial charge on any atom is -0.366 e. The molecule has 2 aromatic heterocycles. The Hall–Kier alpha value is -3.93. The van der Waals surface area contributed by atoms with Crippen LogP contribution in [0.3, 0.4) is 0 Å². The van der Waals surface area contributed by atoms with Gasteiger partial charge in [-0.15, -0.1) is 0 Å². The third-order valence-corrected chi connectivity index (χ3v) is 6.42. The van der Waals surface area contributed by atoms with Crippen LogP contribution in [0.1, 0.15) is 40.4 Å². The second kappa shape index (κ2) is 8.90. The van der Waals surface area contributed by atoms with E-state index in [2.05, 4.69) is 11.1 Å². The summed E-state index contributed by atoms with van der Waals surface area (Å²) in [5, 5.41) is 1.10. The summed E-state index contributed by atoms with van der Waals surface area (Å²) in [7, 11) is 0. The van der Waals surface area contributed by atoms with E-state index < -0.39 is 5.91 Å². The molecule has 0 aliphatic carbocycles. The Morgan fingerprint density at radius 1 is 1.06 bits per heavy atom. The number of hydrogen-bond donors (Lipinski definition) is 2. The van der Waals surface area contributed by atoms with Crippen LogP contribution in [0.5, 0.6) is 0 Å². The van der Waals surface area contributed by atoms with Gasteiger partial charge in [0.05, 0.1) is 12.1 Å². The number of nitrogens with one attached hydrogen (secondary N) is 1. The number of primary amides is 1. The molecule has 2 amide bonds. The Morgan fingerprint density at radius 2 is 1.91 bits per heavy atom. The molecule has 0 radical (unpaired) electrons. The summed E-state index contributed by atoms with van der Waals surface area (Å²) in [6.45, 7) is 1.44. The Morgan fingerprint density at radius 3 is 2.79 bits per heavy atom. The van der Waals surface area contributed by atoms with Crippen molar-refractivity contribution in [1.29, 1.82) is 0 Å². The molecule has 0 unspecified atom stereocenters. The molecule has 1 aliphatic rings. The van der Waals surface area contributed by atoms with Gasteiger partial charge in [-0.2, -0.15) is 0 Å². The van der Waals surface area contributed by atoms with Crippen LogP contribution in [0.15, 0.2) is 72.9 Å². The van der Waals surface area contributed by atoms with E-state index in [0.717, 1.165) is 52.8 Å². The van der Waals surface area contributed by atoms with E-state index in [1.807, 2.05) is 59.6 Å². The maximum absolute atomic E-state index is 13.1. The van der Waals surface area contributed by atoms with Gasteiger partial charge in [-0.25, -0.2) is 0 Å². The molecule has 2 aromatic carbocycles. The van der Waals surface area contributed by atoms with E-state index in [1.54, 1.807) is 12.1 Å². The molecule has 3 N–H and O–H groups in total. The number of aromatic amines is 1. The largest absolute Gasteiger partial charge is 0.366 e. The molecule has 0 saturated carbocycles. The van der Waals surface area contributed by atoms with Gasteiger partial charge in [0.2, 0.25) is 11.8 Å². The molecule has 33 heavy (non-hydrogen) atoms. The number of nitrogens with two attached hydrogens (primary N) is 1. The number of pyridine rings is 1. The van der Waals surface area contributed by atoms with Crippen LogP contribution in [-0.2, 0) is 11.2 Å². The van der Waals surface area contributed by atoms with Gasteiger partial charge in [-0.1, -0.05) is 36.4 Å². The first-order chi connectivity index (χ1) is 16.1. The third-order valence-electron chi connectivity index (χ3n) is 6.42. The van der Waals surface area contributed by atoms with Gasteiger partial charge in [0.25, 0.3) is 0 Å². The van der Waals surface area contributed by atoms with Crippen LogP contribution in [0.2, 0.25) is 0 Å². The van der Waals surface area contributed by atoms with Crippen molar-refractivity contribution in [1.82, 2.24) is 14.9 Å². The lowest BCUT2D eigenvalue weighted by atomic mass is 9.93. The molecule has 1 fully saturated rings. The van der Waals surface area contributed by atoms with E-state index in [0.29, 0.717) is 18.5 Å². The van der Waals surface area contributed by atoms with E-state index in [1.165, 1.54) is 0 Å². The molecule has 1 atom stereocenters. The maximum Gasteiger partial charge on any atom is 0.248 e.